The van der Waals surface area contributed by atoms with Gasteiger partial charge in [0.25, 0.3) is 0 Å². The van der Waals surface area contributed by atoms with Crippen molar-refractivity contribution in [2.75, 3.05) is 0 Å². The molecule has 4 heteroatoms. The Morgan fingerprint density at radius 3 is 2.72 bits per heavy atom. The number of hydrogen-bond donors (Lipinski definition) is 1. The smallest absolute Gasteiger partial charge is 0.143 e. The predicted molar refractivity (Wildman–Crippen MR) is 70.3 cm³/mol. The van der Waals surface area contributed by atoms with Crippen molar-refractivity contribution < 1.29 is 13.9 Å². The van der Waals surface area contributed by atoms with Crippen LogP contribution in [0.1, 0.15) is 31.7 Å². The molecule has 0 spiro atoms. The van der Waals surface area contributed by atoms with Gasteiger partial charge in [0.1, 0.15) is 11.6 Å². The van der Waals surface area contributed by atoms with Gasteiger partial charge < -0.3 is 5.11 Å². The van der Waals surface area contributed by atoms with Crippen LogP contribution in [0.5, 0.6) is 0 Å². The van der Waals surface area contributed by atoms with E-state index in [0.717, 1.165) is 19.3 Å². The van der Waals surface area contributed by atoms with E-state index in [0.29, 0.717) is 5.92 Å². The third-order valence-electron chi connectivity index (χ3n) is 3.83. The molecule has 0 amide bonds. The summed E-state index contributed by atoms with van der Waals surface area (Å²) in [4.78, 5) is 0. The highest BCUT2D eigenvalue weighted by Gasteiger charge is 2.29. The summed E-state index contributed by atoms with van der Waals surface area (Å²) in [5, 5.41) is 10.1. The van der Waals surface area contributed by atoms with Gasteiger partial charge in [0.05, 0.1) is 10.6 Å². The second kappa shape index (κ2) is 5.66. The van der Waals surface area contributed by atoms with Crippen molar-refractivity contribution in [1.82, 2.24) is 0 Å². The van der Waals surface area contributed by atoms with Gasteiger partial charge in [-0.25, -0.2) is 8.78 Å². The first-order valence-corrected chi connectivity index (χ1v) is 7.08. The molecule has 0 radical (unpaired) electrons. The molecule has 2 rings (SSSR count). The summed E-state index contributed by atoms with van der Waals surface area (Å²) in [5.41, 5.74) is -0.0172. The van der Waals surface area contributed by atoms with E-state index < -0.39 is 17.7 Å². The lowest BCUT2D eigenvalue weighted by molar-refractivity contribution is 0.107. The van der Waals surface area contributed by atoms with Gasteiger partial charge in [0.2, 0.25) is 0 Å². The van der Waals surface area contributed by atoms with Gasteiger partial charge >= 0.3 is 0 Å². The Hall–Kier alpha value is -0.480. The molecule has 1 nitrogen and oxygen atoms in total. The third kappa shape index (κ3) is 2.91. The monoisotopic (exact) mass is 318 g/mol. The fraction of sp³-hybridized carbons (Fsp3) is 0.571. The summed E-state index contributed by atoms with van der Waals surface area (Å²) in [6.45, 7) is 2.15. The first kappa shape index (κ1) is 13.9. The molecule has 0 saturated heterocycles. The highest BCUT2D eigenvalue weighted by Crippen LogP contribution is 2.34. The van der Waals surface area contributed by atoms with Crippen molar-refractivity contribution in [1.29, 1.82) is 0 Å². The molecule has 100 valence electrons. The molecule has 1 saturated carbocycles. The zero-order chi connectivity index (χ0) is 13.3. The molecule has 3 atom stereocenters. The van der Waals surface area contributed by atoms with Gasteiger partial charge in [-0.2, -0.15) is 0 Å². The summed E-state index contributed by atoms with van der Waals surface area (Å²) < 4.78 is 27.6. The molecule has 1 aromatic carbocycles. The van der Waals surface area contributed by atoms with E-state index in [-0.39, 0.29) is 22.4 Å². The van der Waals surface area contributed by atoms with Crippen molar-refractivity contribution in [3.05, 3.63) is 33.8 Å². The summed E-state index contributed by atoms with van der Waals surface area (Å²) >= 11 is 3.04. The van der Waals surface area contributed by atoms with Crippen molar-refractivity contribution in [3.8, 4) is 0 Å². The van der Waals surface area contributed by atoms with Gasteiger partial charge in [0.15, 0.2) is 0 Å². The molecule has 1 aliphatic carbocycles. The number of aliphatic hydroxyl groups is 1. The van der Waals surface area contributed by atoms with Gasteiger partial charge in [-0.1, -0.05) is 13.3 Å². The van der Waals surface area contributed by atoms with Gasteiger partial charge in [-0.3, -0.25) is 0 Å². The molecule has 1 aromatic rings. The maximum Gasteiger partial charge on any atom is 0.143 e. The standard InChI is InChI=1S/C14H17BrF2O/c1-8-2-3-9(6-8)13(18)7-10-12(16)5-4-11(15)14(10)17/h4-5,8-9,13,18H,2-3,6-7H2,1H3. The lowest BCUT2D eigenvalue weighted by atomic mass is 9.93. The van der Waals surface area contributed by atoms with Gasteiger partial charge in [-0.05, 0) is 52.7 Å². The fourth-order valence-electron chi connectivity index (χ4n) is 2.73. The van der Waals surface area contributed by atoms with Crippen molar-refractivity contribution in [3.63, 3.8) is 0 Å². The van der Waals surface area contributed by atoms with E-state index in [1.54, 1.807) is 0 Å². The molecule has 3 unspecified atom stereocenters. The molecule has 0 aliphatic heterocycles. The molecule has 0 aromatic heterocycles. The first-order chi connectivity index (χ1) is 8.49. The minimum atomic E-state index is -0.659. The maximum atomic E-state index is 13.8. The van der Waals surface area contributed by atoms with E-state index in [1.165, 1.54) is 12.1 Å². The summed E-state index contributed by atoms with van der Waals surface area (Å²) in [6.07, 6.45) is 2.37. The minimum Gasteiger partial charge on any atom is -0.392 e. The first-order valence-electron chi connectivity index (χ1n) is 6.29. The number of halogens is 3. The Morgan fingerprint density at radius 2 is 2.11 bits per heavy atom. The molecule has 0 heterocycles. The Morgan fingerprint density at radius 1 is 1.39 bits per heavy atom. The van der Waals surface area contributed by atoms with E-state index in [9.17, 15) is 13.9 Å². The number of hydrogen-bond acceptors (Lipinski definition) is 1. The lowest BCUT2D eigenvalue weighted by Crippen LogP contribution is -2.22. The van der Waals surface area contributed by atoms with E-state index in [1.807, 2.05) is 0 Å². The topological polar surface area (TPSA) is 20.2 Å². The maximum absolute atomic E-state index is 13.8. The highest BCUT2D eigenvalue weighted by atomic mass is 79.9. The van der Waals surface area contributed by atoms with Gasteiger partial charge in [0, 0.05) is 12.0 Å². The minimum absolute atomic E-state index is 0.0172. The summed E-state index contributed by atoms with van der Waals surface area (Å²) in [5.74, 6) is -0.416. The Balaban J connectivity index is 2.12. The van der Waals surface area contributed by atoms with Crippen LogP contribution in [0.4, 0.5) is 8.78 Å². The summed E-state index contributed by atoms with van der Waals surface area (Å²) in [7, 11) is 0. The summed E-state index contributed by atoms with van der Waals surface area (Å²) in [6, 6.07) is 2.57. The molecule has 18 heavy (non-hydrogen) atoms. The van der Waals surface area contributed by atoms with E-state index in [4.69, 9.17) is 0 Å². The zero-order valence-electron chi connectivity index (χ0n) is 10.3. The van der Waals surface area contributed by atoms with Crippen LogP contribution in [0, 0.1) is 23.5 Å². The van der Waals surface area contributed by atoms with Crippen molar-refractivity contribution in [2.45, 2.75) is 38.7 Å². The van der Waals surface area contributed by atoms with Crippen LogP contribution >= 0.6 is 15.9 Å². The van der Waals surface area contributed by atoms with Crippen LogP contribution in [-0.4, -0.2) is 11.2 Å². The van der Waals surface area contributed by atoms with Crippen LogP contribution in [0.25, 0.3) is 0 Å². The zero-order valence-corrected chi connectivity index (χ0v) is 11.9. The van der Waals surface area contributed by atoms with Crippen LogP contribution < -0.4 is 0 Å². The Kier molecular flexibility index (Phi) is 4.38. The van der Waals surface area contributed by atoms with E-state index in [2.05, 4.69) is 22.9 Å². The fourth-order valence-corrected chi connectivity index (χ4v) is 3.10. The number of rotatable bonds is 3. The average Bonchev–Trinajstić information content (AvgIpc) is 2.76. The molecule has 1 fully saturated rings. The third-order valence-corrected chi connectivity index (χ3v) is 4.44. The quantitative estimate of drug-likeness (QED) is 0.833. The molecular weight excluding hydrogens is 302 g/mol. The van der Waals surface area contributed by atoms with E-state index >= 15 is 0 Å². The largest absolute Gasteiger partial charge is 0.392 e. The number of benzene rings is 1. The average molecular weight is 319 g/mol. The van der Waals surface area contributed by atoms with Crippen molar-refractivity contribution >= 4 is 15.9 Å². The molecule has 1 aliphatic rings. The predicted octanol–water partition coefficient (Wildman–Crippen LogP) is 4.07. The van der Waals surface area contributed by atoms with Crippen molar-refractivity contribution in [2.24, 2.45) is 11.8 Å². The lowest BCUT2D eigenvalue weighted by Gasteiger charge is -2.19. The highest BCUT2D eigenvalue weighted by molar-refractivity contribution is 9.10. The molecule has 0 bridgehead atoms. The normalized spacial score (nSPS) is 25.4. The van der Waals surface area contributed by atoms with Crippen LogP contribution in [0.15, 0.2) is 16.6 Å². The van der Waals surface area contributed by atoms with Crippen LogP contribution in [-0.2, 0) is 6.42 Å². The Bertz CT molecular complexity index is 436. The Labute approximate surface area is 114 Å². The van der Waals surface area contributed by atoms with Gasteiger partial charge in [-0.15, -0.1) is 0 Å². The second-order valence-electron chi connectivity index (χ2n) is 5.27. The second-order valence-corrected chi connectivity index (χ2v) is 6.13. The number of aliphatic hydroxyl groups excluding tert-OH is 1. The SMILES string of the molecule is CC1CCC(C(O)Cc2c(F)ccc(Br)c2F)C1. The van der Waals surface area contributed by atoms with Crippen LogP contribution in [0.3, 0.4) is 0 Å². The molecular formula is C14H17BrF2O. The van der Waals surface area contributed by atoms with Crippen LogP contribution in [0.2, 0.25) is 0 Å². The molecule has 1 N–H and O–H groups in total.